The second-order valence-corrected chi connectivity index (χ2v) is 8.73. The fourth-order valence-corrected chi connectivity index (χ4v) is 4.16. The lowest BCUT2D eigenvalue weighted by atomic mass is 10.0. The van der Waals surface area contributed by atoms with E-state index in [1.54, 1.807) is 7.11 Å². The van der Waals surface area contributed by atoms with Crippen LogP contribution in [0.5, 0.6) is 5.75 Å². The molecule has 0 aromatic heterocycles. The summed E-state index contributed by atoms with van der Waals surface area (Å²) in [6, 6.07) is 9.14. The minimum atomic E-state index is -0.166. The maximum absolute atomic E-state index is 12.2. The summed E-state index contributed by atoms with van der Waals surface area (Å²) in [6.07, 6.45) is 4.35. The SMILES string of the molecule is COc1ccc([C@@H](CN2CCCC2)NC2CCN(C(=O)OCC(C)C)CC2)cc1. The van der Waals surface area contributed by atoms with Gasteiger partial charge in [0.25, 0.3) is 0 Å². The van der Waals surface area contributed by atoms with Crippen molar-refractivity contribution in [3.63, 3.8) is 0 Å². The largest absolute Gasteiger partial charge is 0.497 e. The number of hydrogen-bond donors (Lipinski definition) is 1. The van der Waals surface area contributed by atoms with Crippen LogP contribution in [0.15, 0.2) is 24.3 Å². The molecule has 1 aromatic rings. The number of amides is 1. The number of nitrogens with one attached hydrogen (secondary N) is 1. The van der Waals surface area contributed by atoms with E-state index in [0.29, 0.717) is 24.6 Å². The Hall–Kier alpha value is -1.79. The van der Waals surface area contributed by atoms with Gasteiger partial charge in [-0.1, -0.05) is 26.0 Å². The lowest BCUT2D eigenvalue weighted by molar-refractivity contribution is 0.0806. The molecular formula is C23H37N3O3. The average molecular weight is 404 g/mol. The number of nitrogens with zero attached hydrogens (tertiary/aromatic N) is 2. The van der Waals surface area contributed by atoms with Gasteiger partial charge >= 0.3 is 6.09 Å². The fraction of sp³-hybridized carbons (Fsp3) is 0.696. The van der Waals surface area contributed by atoms with Crippen molar-refractivity contribution in [2.75, 3.05) is 46.4 Å². The van der Waals surface area contributed by atoms with Gasteiger partial charge in [0.2, 0.25) is 0 Å². The van der Waals surface area contributed by atoms with Crippen LogP contribution in [0.25, 0.3) is 0 Å². The van der Waals surface area contributed by atoms with Gasteiger partial charge in [-0.3, -0.25) is 0 Å². The Morgan fingerprint density at radius 1 is 1.10 bits per heavy atom. The van der Waals surface area contributed by atoms with Crippen LogP contribution in [0, 0.1) is 5.92 Å². The predicted molar refractivity (Wildman–Crippen MR) is 115 cm³/mol. The average Bonchev–Trinajstić information content (AvgIpc) is 3.25. The van der Waals surface area contributed by atoms with E-state index in [-0.39, 0.29) is 6.09 Å². The van der Waals surface area contributed by atoms with E-state index in [4.69, 9.17) is 9.47 Å². The van der Waals surface area contributed by atoms with E-state index in [1.807, 2.05) is 17.0 Å². The molecule has 1 amide bonds. The zero-order valence-corrected chi connectivity index (χ0v) is 18.2. The number of methoxy groups -OCH3 is 1. The van der Waals surface area contributed by atoms with Crippen LogP contribution in [0.2, 0.25) is 0 Å². The molecule has 0 unspecified atom stereocenters. The van der Waals surface area contributed by atoms with Gasteiger partial charge in [-0.05, 0) is 62.4 Å². The maximum Gasteiger partial charge on any atom is 0.409 e. The van der Waals surface area contributed by atoms with Gasteiger partial charge in [0, 0.05) is 31.7 Å². The minimum absolute atomic E-state index is 0.166. The Kier molecular flexibility index (Phi) is 8.19. The molecule has 0 saturated carbocycles. The fourth-order valence-electron chi connectivity index (χ4n) is 4.16. The molecule has 2 saturated heterocycles. The minimum Gasteiger partial charge on any atom is -0.497 e. The predicted octanol–water partition coefficient (Wildman–Crippen LogP) is 3.68. The number of carbonyl (C=O) groups excluding carboxylic acids is 1. The van der Waals surface area contributed by atoms with Gasteiger partial charge in [-0.15, -0.1) is 0 Å². The highest BCUT2D eigenvalue weighted by Gasteiger charge is 2.27. The zero-order valence-electron chi connectivity index (χ0n) is 18.2. The van der Waals surface area contributed by atoms with Crippen LogP contribution in [-0.2, 0) is 4.74 Å². The number of rotatable bonds is 8. The molecular weight excluding hydrogens is 366 g/mol. The summed E-state index contributed by atoms with van der Waals surface area (Å²) >= 11 is 0. The van der Waals surface area contributed by atoms with E-state index < -0.39 is 0 Å². The first-order valence-corrected chi connectivity index (χ1v) is 11.1. The molecule has 6 nitrogen and oxygen atoms in total. The number of carbonyl (C=O) groups is 1. The molecule has 6 heteroatoms. The summed E-state index contributed by atoms with van der Waals surface area (Å²) in [4.78, 5) is 16.6. The van der Waals surface area contributed by atoms with Crippen LogP contribution >= 0.6 is 0 Å². The topological polar surface area (TPSA) is 54.0 Å². The molecule has 2 aliphatic rings. The summed E-state index contributed by atoms with van der Waals surface area (Å²) in [5, 5.41) is 3.89. The molecule has 0 aliphatic carbocycles. The van der Waals surface area contributed by atoms with Gasteiger partial charge in [-0.2, -0.15) is 0 Å². The summed E-state index contributed by atoms with van der Waals surface area (Å²) in [5.41, 5.74) is 1.30. The second-order valence-electron chi connectivity index (χ2n) is 8.73. The lowest BCUT2D eigenvalue weighted by Crippen LogP contribution is -2.47. The molecule has 2 fully saturated rings. The third kappa shape index (κ3) is 6.61. The van der Waals surface area contributed by atoms with Crippen LogP contribution in [-0.4, -0.2) is 68.4 Å². The Bertz CT molecular complexity index is 621. The van der Waals surface area contributed by atoms with Crippen molar-refractivity contribution in [1.29, 1.82) is 0 Å². The lowest BCUT2D eigenvalue weighted by Gasteiger charge is -2.35. The van der Waals surface area contributed by atoms with Crippen molar-refractivity contribution in [3.8, 4) is 5.75 Å². The van der Waals surface area contributed by atoms with Gasteiger partial charge in [-0.25, -0.2) is 4.79 Å². The molecule has 1 N–H and O–H groups in total. The van der Waals surface area contributed by atoms with Crippen LogP contribution in [0.4, 0.5) is 4.79 Å². The van der Waals surface area contributed by atoms with E-state index in [2.05, 4.69) is 36.2 Å². The van der Waals surface area contributed by atoms with Crippen LogP contribution in [0.1, 0.15) is 51.1 Å². The monoisotopic (exact) mass is 403 g/mol. The Morgan fingerprint density at radius 2 is 1.76 bits per heavy atom. The van der Waals surface area contributed by atoms with Crippen molar-refractivity contribution in [2.24, 2.45) is 5.92 Å². The van der Waals surface area contributed by atoms with Gasteiger partial charge in [0.15, 0.2) is 0 Å². The number of hydrogen-bond acceptors (Lipinski definition) is 5. The maximum atomic E-state index is 12.2. The van der Waals surface area contributed by atoms with Crippen molar-refractivity contribution < 1.29 is 14.3 Å². The quantitative estimate of drug-likeness (QED) is 0.718. The molecule has 3 rings (SSSR count). The van der Waals surface area contributed by atoms with Crippen LogP contribution < -0.4 is 10.1 Å². The molecule has 1 aromatic carbocycles. The molecule has 29 heavy (non-hydrogen) atoms. The third-order valence-corrected chi connectivity index (χ3v) is 5.89. The van der Waals surface area contributed by atoms with Gasteiger partial charge in [0.1, 0.15) is 5.75 Å². The standard InChI is InChI=1S/C23H37N3O3/c1-18(2)17-29-23(27)26-14-10-20(11-15-26)24-22(16-25-12-4-5-13-25)19-6-8-21(28-3)9-7-19/h6-9,18,20,22,24H,4-5,10-17H2,1-3H3/t22-/m1/s1. The molecule has 2 aliphatic heterocycles. The highest BCUT2D eigenvalue weighted by Crippen LogP contribution is 2.23. The Labute approximate surface area is 175 Å². The Morgan fingerprint density at radius 3 is 2.34 bits per heavy atom. The first-order valence-electron chi connectivity index (χ1n) is 11.1. The van der Waals surface area contributed by atoms with Crippen molar-refractivity contribution in [1.82, 2.24) is 15.1 Å². The smallest absolute Gasteiger partial charge is 0.409 e. The van der Waals surface area contributed by atoms with E-state index >= 15 is 0 Å². The van der Waals surface area contributed by atoms with E-state index in [9.17, 15) is 4.79 Å². The summed E-state index contributed by atoms with van der Waals surface area (Å²) in [5.74, 6) is 1.26. The van der Waals surface area contributed by atoms with Gasteiger partial charge in [0.05, 0.1) is 13.7 Å². The number of likely N-dealkylation sites (tertiary alicyclic amines) is 2. The van der Waals surface area contributed by atoms with Crippen molar-refractivity contribution in [3.05, 3.63) is 29.8 Å². The zero-order chi connectivity index (χ0) is 20.6. The Balaban J connectivity index is 1.55. The normalized spacial score (nSPS) is 19.5. The summed E-state index contributed by atoms with van der Waals surface area (Å²) in [6.45, 7) is 9.53. The van der Waals surface area contributed by atoms with Crippen molar-refractivity contribution in [2.45, 2.75) is 51.6 Å². The molecule has 0 spiro atoms. The number of piperidine rings is 1. The summed E-state index contributed by atoms with van der Waals surface area (Å²) < 4.78 is 10.7. The number of ether oxygens (including phenoxy) is 2. The van der Waals surface area contributed by atoms with Crippen molar-refractivity contribution >= 4 is 6.09 Å². The molecule has 0 radical (unpaired) electrons. The molecule has 162 valence electrons. The number of benzene rings is 1. The van der Waals surface area contributed by atoms with Gasteiger partial charge < -0.3 is 24.6 Å². The molecule has 1 atom stereocenters. The second kappa shape index (κ2) is 10.8. The van der Waals surface area contributed by atoms with E-state index in [0.717, 1.165) is 38.2 Å². The molecule has 2 heterocycles. The first-order chi connectivity index (χ1) is 14.0. The highest BCUT2D eigenvalue weighted by atomic mass is 16.6. The third-order valence-electron chi connectivity index (χ3n) is 5.89. The van der Waals surface area contributed by atoms with Crippen LogP contribution in [0.3, 0.4) is 0 Å². The molecule has 0 bridgehead atoms. The van der Waals surface area contributed by atoms with E-state index in [1.165, 1.54) is 31.5 Å². The summed E-state index contributed by atoms with van der Waals surface area (Å²) in [7, 11) is 1.70. The first kappa shape index (κ1) is 21.9. The highest BCUT2D eigenvalue weighted by molar-refractivity contribution is 5.67.